The molecule has 2 rings (SSSR count). The number of nitrogens with one attached hydrogen (secondary N) is 2. The standard InChI is InChI=1S/C9H9N3O3S/c1-3-5(4(2)15-12-3)6-7(8(13)14)11-9(16)10-6/h1-2H3,(H,13,14)(H2,10,11,16). The molecule has 0 amide bonds. The molecule has 0 radical (unpaired) electrons. The molecule has 0 fully saturated rings. The minimum Gasteiger partial charge on any atom is -0.477 e. The summed E-state index contributed by atoms with van der Waals surface area (Å²) < 4.78 is 5.24. The van der Waals surface area contributed by atoms with Gasteiger partial charge in [-0.2, -0.15) is 0 Å². The SMILES string of the molecule is Cc1noc(C)c1-c1[nH]c(=S)[nH]c1C(=O)O. The number of carbonyl (C=O) groups is 1. The molecule has 0 saturated carbocycles. The number of hydrogen-bond donors (Lipinski definition) is 3. The van der Waals surface area contributed by atoms with Crippen LogP contribution in [0.4, 0.5) is 0 Å². The first-order chi connectivity index (χ1) is 7.50. The Morgan fingerprint density at radius 2 is 2.12 bits per heavy atom. The Labute approximate surface area is 95.3 Å². The van der Waals surface area contributed by atoms with Gasteiger partial charge in [-0.15, -0.1) is 0 Å². The maximum Gasteiger partial charge on any atom is 0.354 e. The second kappa shape index (κ2) is 3.60. The molecule has 0 aliphatic heterocycles. The Morgan fingerprint density at radius 1 is 1.44 bits per heavy atom. The van der Waals surface area contributed by atoms with Crippen LogP contribution in [0.3, 0.4) is 0 Å². The maximum atomic E-state index is 11.0. The van der Waals surface area contributed by atoms with Gasteiger partial charge in [-0.25, -0.2) is 4.79 Å². The molecule has 0 unspecified atom stereocenters. The van der Waals surface area contributed by atoms with E-state index in [1.807, 2.05) is 0 Å². The summed E-state index contributed by atoms with van der Waals surface area (Å²) in [6, 6.07) is 0. The normalized spacial score (nSPS) is 10.6. The van der Waals surface area contributed by atoms with E-state index in [-0.39, 0.29) is 10.5 Å². The number of imidazole rings is 1. The highest BCUT2D eigenvalue weighted by Crippen LogP contribution is 2.27. The minimum atomic E-state index is -1.08. The van der Waals surface area contributed by atoms with Crippen molar-refractivity contribution in [3.63, 3.8) is 0 Å². The molecule has 0 saturated heterocycles. The Hall–Kier alpha value is -1.89. The van der Waals surface area contributed by atoms with Crippen LogP contribution in [-0.4, -0.2) is 26.2 Å². The molecule has 0 aromatic carbocycles. The van der Waals surface area contributed by atoms with Gasteiger partial charge < -0.3 is 19.6 Å². The summed E-state index contributed by atoms with van der Waals surface area (Å²) in [7, 11) is 0. The third-order valence-corrected chi connectivity index (χ3v) is 2.43. The fourth-order valence-electron chi connectivity index (χ4n) is 1.57. The topological polar surface area (TPSA) is 94.9 Å². The van der Waals surface area contributed by atoms with E-state index in [4.69, 9.17) is 21.8 Å². The van der Waals surface area contributed by atoms with Gasteiger partial charge in [0, 0.05) is 0 Å². The summed E-state index contributed by atoms with van der Waals surface area (Å²) in [5.41, 5.74) is 1.66. The summed E-state index contributed by atoms with van der Waals surface area (Å²) in [5, 5.41) is 12.8. The number of aromatic amines is 2. The van der Waals surface area contributed by atoms with Crippen molar-refractivity contribution in [1.29, 1.82) is 0 Å². The molecule has 2 aromatic rings. The number of aryl methyl sites for hydroxylation is 2. The average Bonchev–Trinajstić information content (AvgIpc) is 2.70. The van der Waals surface area contributed by atoms with E-state index in [0.29, 0.717) is 22.7 Å². The van der Waals surface area contributed by atoms with Gasteiger partial charge in [-0.3, -0.25) is 0 Å². The van der Waals surface area contributed by atoms with Gasteiger partial charge in [0.05, 0.1) is 17.0 Å². The monoisotopic (exact) mass is 239 g/mol. The number of aromatic carboxylic acids is 1. The number of nitrogens with zero attached hydrogens (tertiary/aromatic N) is 1. The first kappa shape index (κ1) is 10.6. The van der Waals surface area contributed by atoms with E-state index in [1.54, 1.807) is 13.8 Å². The van der Waals surface area contributed by atoms with Crippen molar-refractivity contribution in [2.75, 3.05) is 0 Å². The smallest absolute Gasteiger partial charge is 0.354 e. The van der Waals surface area contributed by atoms with E-state index in [1.165, 1.54) is 0 Å². The Kier molecular flexibility index (Phi) is 2.39. The summed E-state index contributed by atoms with van der Waals surface area (Å²) in [6.07, 6.45) is 0. The summed E-state index contributed by atoms with van der Waals surface area (Å²) >= 11 is 4.87. The zero-order valence-electron chi connectivity index (χ0n) is 8.62. The summed E-state index contributed by atoms with van der Waals surface area (Å²) in [5.74, 6) is -0.535. The van der Waals surface area contributed by atoms with Gasteiger partial charge in [0.2, 0.25) is 0 Å². The van der Waals surface area contributed by atoms with Crippen LogP contribution in [0, 0.1) is 18.6 Å². The van der Waals surface area contributed by atoms with Crippen LogP contribution in [0.1, 0.15) is 21.9 Å². The summed E-state index contributed by atoms with van der Waals surface area (Å²) in [6.45, 7) is 3.45. The molecule has 0 bridgehead atoms. The lowest BCUT2D eigenvalue weighted by Crippen LogP contribution is -1.99. The molecule has 0 aliphatic rings. The van der Waals surface area contributed by atoms with Crippen LogP contribution in [0.2, 0.25) is 0 Å². The van der Waals surface area contributed by atoms with Crippen LogP contribution in [0.25, 0.3) is 11.3 Å². The van der Waals surface area contributed by atoms with Gasteiger partial charge in [0.25, 0.3) is 0 Å². The Morgan fingerprint density at radius 3 is 2.62 bits per heavy atom. The molecule has 2 aromatic heterocycles. The fourth-order valence-corrected chi connectivity index (χ4v) is 1.78. The quantitative estimate of drug-likeness (QED) is 0.697. The largest absolute Gasteiger partial charge is 0.477 e. The predicted octanol–water partition coefficient (Wildman–Crippen LogP) is 2.04. The third kappa shape index (κ3) is 1.54. The molecule has 2 heterocycles. The second-order valence-corrected chi connectivity index (χ2v) is 3.74. The van der Waals surface area contributed by atoms with Crippen LogP contribution in [0.5, 0.6) is 0 Å². The molecule has 3 N–H and O–H groups in total. The molecule has 0 aliphatic carbocycles. The van der Waals surface area contributed by atoms with Gasteiger partial charge in [-0.1, -0.05) is 5.16 Å². The van der Waals surface area contributed by atoms with Crippen LogP contribution in [-0.2, 0) is 0 Å². The second-order valence-electron chi connectivity index (χ2n) is 3.33. The fraction of sp³-hybridized carbons (Fsp3) is 0.222. The van der Waals surface area contributed by atoms with Crippen molar-refractivity contribution in [2.24, 2.45) is 0 Å². The highest BCUT2D eigenvalue weighted by molar-refractivity contribution is 7.71. The van der Waals surface area contributed by atoms with Crippen molar-refractivity contribution in [3.05, 3.63) is 21.9 Å². The zero-order chi connectivity index (χ0) is 11.9. The average molecular weight is 239 g/mol. The van der Waals surface area contributed by atoms with Crippen molar-refractivity contribution in [2.45, 2.75) is 13.8 Å². The van der Waals surface area contributed by atoms with Crippen LogP contribution in [0.15, 0.2) is 4.52 Å². The third-order valence-electron chi connectivity index (χ3n) is 2.22. The lowest BCUT2D eigenvalue weighted by atomic mass is 10.1. The van der Waals surface area contributed by atoms with Gasteiger partial charge in [0.15, 0.2) is 10.5 Å². The van der Waals surface area contributed by atoms with Crippen molar-refractivity contribution >= 4 is 18.2 Å². The molecule has 16 heavy (non-hydrogen) atoms. The highest BCUT2D eigenvalue weighted by Gasteiger charge is 2.20. The molecule has 0 atom stereocenters. The molecule has 0 spiro atoms. The van der Waals surface area contributed by atoms with Crippen molar-refractivity contribution < 1.29 is 14.4 Å². The molecule has 6 nitrogen and oxygen atoms in total. The van der Waals surface area contributed by atoms with E-state index in [2.05, 4.69) is 15.1 Å². The maximum absolute atomic E-state index is 11.0. The van der Waals surface area contributed by atoms with E-state index >= 15 is 0 Å². The van der Waals surface area contributed by atoms with E-state index in [0.717, 1.165) is 0 Å². The molecule has 84 valence electrons. The first-order valence-electron chi connectivity index (χ1n) is 4.49. The summed E-state index contributed by atoms with van der Waals surface area (Å²) in [4.78, 5) is 16.4. The lowest BCUT2D eigenvalue weighted by Gasteiger charge is -1.97. The first-order valence-corrected chi connectivity index (χ1v) is 4.90. The number of H-pyrrole nitrogens is 2. The van der Waals surface area contributed by atoms with Crippen LogP contribution >= 0.6 is 12.2 Å². The van der Waals surface area contributed by atoms with Crippen LogP contribution < -0.4 is 0 Å². The predicted molar refractivity (Wildman–Crippen MR) is 57.9 cm³/mol. The number of aromatic nitrogens is 3. The van der Waals surface area contributed by atoms with E-state index in [9.17, 15) is 4.79 Å². The number of carboxylic acids is 1. The van der Waals surface area contributed by atoms with Gasteiger partial charge in [-0.05, 0) is 26.1 Å². The van der Waals surface area contributed by atoms with Gasteiger partial charge in [0.1, 0.15) is 5.76 Å². The Bertz CT molecular complexity index is 588. The lowest BCUT2D eigenvalue weighted by molar-refractivity contribution is 0.0692. The van der Waals surface area contributed by atoms with Crippen molar-refractivity contribution in [1.82, 2.24) is 15.1 Å². The molecule has 7 heteroatoms. The molecular weight excluding hydrogens is 230 g/mol. The molecular formula is C9H9N3O3S. The number of carboxylic acid groups (broad SMARTS) is 1. The highest BCUT2D eigenvalue weighted by atomic mass is 32.1. The van der Waals surface area contributed by atoms with Gasteiger partial charge >= 0.3 is 5.97 Å². The zero-order valence-corrected chi connectivity index (χ0v) is 9.44. The van der Waals surface area contributed by atoms with Crippen molar-refractivity contribution in [3.8, 4) is 11.3 Å². The van der Waals surface area contributed by atoms with E-state index < -0.39 is 5.97 Å². The number of hydrogen-bond acceptors (Lipinski definition) is 4. The minimum absolute atomic E-state index is 0.0133. The number of rotatable bonds is 2. The Balaban J connectivity index is 2.73.